The van der Waals surface area contributed by atoms with E-state index < -0.39 is 4.92 Å². The molecule has 5 nitrogen and oxygen atoms in total. The molecule has 1 aliphatic heterocycles. The van der Waals surface area contributed by atoms with E-state index in [9.17, 15) is 14.9 Å². The Hall–Kier alpha value is -1.91. The van der Waals surface area contributed by atoms with Crippen LogP contribution in [0.2, 0.25) is 0 Å². The van der Waals surface area contributed by atoms with Crippen molar-refractivity contribution in [1.29, 1.82) is 0 Å². The zero-order chi connectivity index (χ0) is 16.5. The van der Waals surface area contributed by atoms with Crippen molar-refractivity contribution in [1.82, 2.24) is 4.90 Å². The predicted octanol–water partition coefficient (Wildman–Crippen LogP) is 3.71. The molecule has 1 aliphatic rings. The molecule has 1 fully saturated rings. The van der Waals surface area contributed by atoms with Crippen LogP contribution in [0.4, 0.5) is 5.69 Å². The Morgan fingerprint density at radius 3 is 2.09 bits per heavy atom. The molecule has 1 aromatic rings. The van der Waals surface area contributed by atoms with Crippen molar-refractivity contribution < 1.29 is 9.72 Å². The van der Waals surface area contributed by atoms with Crippen LogP contribution in [0.3, 0.4) is 0 Å². The van der Waals surface area contributed by atoms with Crippen molar-refractivity contribution in [3.05, 3.63) is 39.9 Å². The van der Waals surface area contributed by atoms with Gasteiger partial charge < -0.3 is 4.90 Å². The second kappa shape index (κ2) is 5.71. The zero-order valence-corrected chi connectivity index (χ0v) is 13.8. The van der Waals surface area contributed by atoms with Gasteiger partial charge in [0.25, 0.3) is 5.69 Å². The fraction of sp³-hybridized carbons (Fsp3) is 0.588. The number of amides is 1. The molecule has 22 heavy (non-hydrogen) atoms. The number of benzene rings is 1. The summed E-state index contributed by atoms with van der Waals surface area (Å²) in [7, 11) is 0. The molecule has 0 unspecified atom stereocenters. The number of nitro benzene ring substituents is 1. The third-order valence-electron chi connectivity index (χ3n) is 4.54. The number of non-ortho nitro benzene ring substituents is 1. The molecule has 0 radical (unpaired) electrons. The summed E-state index contributed by atoms with van der Waals surface area (Å²) in [5.41, 5.74) is 0.557. The maximum atomic E-state index is 12.8. The Bertz CT molecular complexity index is 560. The van der Waals surface area contributed by atoms with Crippen LogP contribution >= 0.6 is 0 Å². The van der Waals surface area contributed by atoms with Gasteiger partial charge in [-0.1, -0.05) is 12.1 Å². The van der Waals surface area contributed by atoms with Crippen molar-refractivity contribution >= 4 is 11.6 Å². The van der Waals surface area contributed by atoms with Crippen LogP contribution in [0.5, 0.6) is 0 Å². The molecule has 0 saturated carbocycles. The standard InChI is InChI=1S/C17H24N2O3/c1-16(2)10-5-11-17(3,4)18(16)15(20)12-13-6-8-14(9-7-13)19(21)22/h6-9H,5,10-12H2,1-4H3. The van der Waals surface area contributed by atoms with E-state index in [4.69, 9.17) is 0 Å². The molecule has 1 amide bonds. The minimum Gasteiger partial charge on any atom is -0.332 e. The molecule has 0 atom stereocenters. The van der Waals surface area contributed by atoms with Gasteiger partial charge in [-0.05, 0) is 52.5 Å². The number of nitro groups is 1. The van der Waals surface area contributed by atoms with Crippen LogP contribution in [-0.2, 0) is 11.2 Å². The molecular formula is C17H24N2O3. The second-order valence-corrected chi connectivity index (χ2v) is 7.31. The first-order chi connectivity index (χ1) is 10.1. The topological polar surface area (TPSA) is 63.5 Å². The monoisotopic (exact) mass is 304 g/mol. The van der Waals surface area contributed by atoms with Gasteiger partial charge in [0.2, 0.25) is 5.91 Å². The summed E-state index contributed by atoms with van der Waals surface area (Å²) in [5, 5.41) is 10.7. The van der Waals surface area contributed by atoms with Gasteiger partial charge in [0, 0.05) is 23.2 Å². The molecule has 0 spiro atoms. The smallest absolute Gasteiger partial charge is 0.269 e. The molecule has 0 N–H and O–H groups in total. The van der Waals surface area contributed by atoms with Crippen LogP contribution in [0, 0.1) is 10.1 Å². The van der Waals surface area contributed by atoms with Gasteiger partial charge in [0.05, 0.1) is 11.3 Å². The van der Waals surface area contributed by atoms with E-state index in [2.05, 4.69) is 27.7 Å². The molecule has 1 saturated heterocycles. The summed E-state index contributed by atoms with van der Waals surface area (Å²) in [6.07, 6.45) is 3.41. The Labute approximate surface area is 131 Å². The first-order valence-electron chi connectivity index (χ1n) is 7.70. The average molecular weight is 304 g/mol. The van der Waals surface area contributed by atoms with E-state index in [0.29, 0.717) is 0 Å². The van der Waals surface area contributed by atoms with Crippen molar-refractivity contribution in [2.75, 3.05) is 0 Å². The molecule has 5 heteroatoms. The fourth-order valence-corrected chi connectivity index (χ4v) is 3.66. The number of piperidine rings is 1. The van der Waals surface area contributed by atoms with Gasteiger partial charge >= 0.3 is 0 Å². The molecular weight excluding hydrogens is 280 g/mol. The number of nitrogens with zero attached hydrogens (tertiary/aromatic N) is 2. The summed E-state index contributed by atoms with van der Waals surface area (Å²) in [6.45, 7) is 8.45. The molecule has 0 aromatic heterocycles. The highest BCUT2D eigenvalue weighted by Gasteiger charge is 2.43. The van der Waals surface area contributed by atoms with Crippen LogP contribution in [0.15, 0.2) is 24.3 Å². The van der Waals surface area contributed by atoms with Crippen molar-refractivity contribution in [2.24, 2.45) is 0 Å². The van der Waals surface area contributed by atoms with E-state index in [-0.39, 0.29) is 29.1 Å². The van der Waals surface area contributed by atoms with Crippen LogP contribution in [0.1, 0.15) is 52.5 Å². The van der Waals surface area contributed by atoms with Gasteiger partial charge in [-0.2, -0.15) is 0 Å². The van der Waals surface area contributed by atoms with E-state index >= 15 is 0 Å². The molecule has 0 aliphatic carbocycles. The van der Waals surface area contributed by atoms with Gasteiger partial charge in [0.15, 0.2) is 0 Å². The third kappa shape index (κ3) is 3.29. The van der Waals surface area contributed by atoms with E-state index in [1.165, 1.54) is 12.1 Å². The number of carbonyl (C=O) groups is 1. The highest BCUT2D eigenvalue weighted by Crippen LogP contribution is 2.38. The number of rotatable bonds is 3. The zero-order valence-electron chi connectivity index (χ0n) is 13.8. The lowest BCUT2D eigenvalue weighted by atomic mass is 9.79. The Kier molecular flexibility index (Phi) is 4.27. The van der Waals surface area contributed by atoms with Crippen LogP contribution < -0.4 is 0 Å². The fourth-order valence-electron chi connectivity index (χ4n) is 3.66. The lowest BCUT2D eigenvalue weighted by Gasteiger charge is -2.53. The predicted molar refractivity (Wildman–Crippen MR) is 85.7 cm³/mol. The first-order valence-corrected chi connectivity index (χ1v) is 7.70. The first kappa shape index (κ1) is 16.5. The van der Waals surface area contributed by atoms with Gasteiger partial charge in [-0.25, -0.2) is 0 Å². The SMILES string of the molecule is CC1(C)CCCC(C)(C)N1C(=O)Cc1ccc([N+](=O)[O-])cc1. The summed E-state index contributed by atoms with van der Waals surface area (Å²) in [4.78, 5) is 25.1. The Morgan fingerprint density at radius 1 is 1.14 bits per heavy atom. The minimum atomic E-state index is -0.428. The van der Waals surface area contributed by atoms with E-state index in [1.54, 1.807) is 12.1 Å². The van der Waals surface area contributed by atoms with Gasteiger partial charge in [-0.15, -0.1) is 0 Å². The third-order valence-corrected chi connectivity index (χ3v) is 4.54. The van der Waals surface area contributed by atoms with Crippen molar-refractivity contribution in [3.63, 3.8) is 0 Å². The lowest BCUT2D eigenvalue weighted by Crippen LogP contribution is -2.61. The summed E-state index contributed by atoms with van der Waals surface area (Å²) >= 11 is 0. The highest BCUT2D eigenvalue weighted by molar-refractivity contribution is 5.80. The van der Waals surface area contributed by atoms with Crippen molar-refractivity contribution in [2.45, 2.75) is 64.5 Å². The van der Waals surface area contributed by atoms with E-state index in [1.807, 2.05) is 4.90 Å². The molecule has 2 rings (SSSR count). The van der Waals surface area contributed by atoms with Crippen molar-refractivity contribution in [3.8, 4) is 0 Å². The largest absolute Gasteiger partial charge is 0.332 e. The van der Waals surface area contributed by atoms with Crippen LogP contribution in [-0.4, -0.2) is 26.8 Å². The minimum absolute atomic E-state index is 0.0508. The number of carbonyl (C=O) groups excluding carboxylic acids is 1. The maximum absolute atomic E-state index is 12.8. The summed E-state index contributed by atoms with van der Waals surface area (Å²) in [5.74, 6) is 0.0866. The Balaban J connectivity index is 2.18. The highest BCUT2D eigenvalue weighted by atomic mass is 16.6. The number of hydrogen-bond donors (Lipinski definition) is 0. The normalized spacial score (nSPS) is 19.7. The van der Waals surface area contributed by atoms with Gasteiger partial charge in [0.1, 0.15) is 0 Å². The second-order valence-electron chi connectivity index (χ2n) is 7.31. The lowest BCUT2D eigenvalue weighted by molar-refractivity contribution is -0.384. The average Bonchev–Trinajstić information content (AvgIpc) is 2.36. The number of hydrogen-bond acceptors (Lipinski definition) is 3. The maximum Gasteiger partial charge on any atom is 0.269 e. The number of likely N-dealkylation sites (tertiary alicyclic amines) is 1. The molecule has 1 aromatic carbocycles. The van der Waals surface area contributed by atoms with E-state index in [0.717, 1.165) is 24.8 Å². The molecule has 120 valence electrons. The molecule has 0 bridgehead atoms. The van der Waals surface area contributed by atoms with Gasteiger partial charge in [-0.3, -0.25) is 14.9 Å². The summed E-state index contributed by atoms with van der Waals surface area (Å²) < 4.78 is 0. The summed E-state index contributed by atoms with van der Waals surface area (Å²) in [6, 6.07) is 6.24. The molecule has 1 heterocycles. The quantitative estimate of drug-likeness (QED) is 0.631. The van der Waals surface area contributed by atoms with Crippen LogP contribution in [0.25, 0.3) is 0 Å². The Morgan fingerprint density at radius 2 is 1.64 bits per heavy atom.